The molecule has 0 amide bonds. The summed E-state index contributed by atoms with van der Waals surface area (Å²) in [5.74, 6) is 0.737. The fourth-order valence-corrected chi connectivity index (χ4v) is 3.38. The first-order chi connectivity index (χ1) is 8.18. The van der Waals surface area contributed by atoms with Crippen molar-refractivity contribution in [2.24, 2.45) is 0 Å². The van der Waals surface area contributed by atoms with Gasteiger partial charge < -0.3 is 9.26 Å². The van der Waals surface area contributed by atoms with E-state index >= 15 is 0 Å². The third-order valence-corrected chi connectivity index (χ3v) is 4.87. The Kier molecular flexibility index (Phi) is 4.27. The van der Waals surface area contributed by atoms with E-state index in [0.29, 0.717) is 30.6 Å². The molecule has 1 heterocycles. The van der Waals surface area contributed by atoms with Crippen LogP contribution >= 0.6 is 19.0 Å². The number of allylic oxidation sites excluding steroid dienone is 2. The van der Waals surface area contributed by atoms with Crippen molar-refractivity contribution in [1.29, 1.82) is 0 Å². The largest absolute Gasteiger partial charge is 0.491 e. The number of halogens is 1. The van der Waals surface area contributed by atoms with Crippen molar-refractivity contribution in [2.45, 2.75) is 0 Å². The predicted molar refractivity (Wildman–Crippen MR) is 69.4 cm³/mol. The lowest BCUT2D eigenvalue weighted by atomic mass is 10.3. The Morgan fingerprint density at radius 2 is 1.76 bits per heavy atom. The van der Waals surface area contributed by atoms with Crippen molar-refractivity contribution >= 4 is 19.0 Å². The zero-order chi connectivity index (χ0) is 12.1. The van der Waals surface area contributed by atoms with Gasteiger partial charge in [-0.1, -0.05) is 23.8 Å². The van der Waals surface area contributed by atoms with Crippen LogP contribution in [-0.4, -0.2) is 25.5 Å². The van der Waals surface area contributed by atoms with Gasteiger partial charge >= 0.3 is 0 Å². The van der Waals surface area contributed by atoms with Gasteiger partial charge in [0.25, 0.3) is 0 Å². The van der Waals surface area contributed by atoms with Gasteiger partial charge in [0, 0.05) is 17.3 Å². The summed E-state index contributed by atoms with van der Waals surface area (Å²) in [7, 11) is -2.41. The lowest BCUT2D eigenvalue weighted by Gasteiger charge is -2.12. The molecular weight excluding hydrogens is 259 g/mol. The molecule has 0 unspecified atom stereocenters. The number of hydrogen-bond donors (Lipinski definition) is 0. The van der Waals surface area contributed by atoms with E-state index in [1.165, 1.54) is 0 Å². The van der Waals surface area contributed by atoms with Crippen molar-refractivity contribution in [3.8, 4) is 5.75 Å². The van der Waals surface area contributed by atoms with Crippen LogP contribution in [0.2, 0.25) is 5.02 Å². The zero-order valence-corrected chi connectivity index (χ0v) is 11.0. The molecule has 0 bridgehead atoms. The summed E-state index contributed by atoms with van der Waals surface area (Å²) >= 11 is 5.75. The molecule has 0 aromatic heterocycles. The molecule has 92 valence electrons. The van der Waals surface area contributed by atoms with E-state index < -0.39 is 7.37 Å². The first-order valence-corrected chi connectivity index (χ1v) is 7.81. The molecule has 0 saturated carbocycles. The molecule has 2 rings (SSSR count). The van der Waals surface area contributed by atoms with Gasteiger partial charge in [-0.25, -0.2) is 0 Å². The number of rotatable bonds is 5. The minimum atomic E-state index is -2.41. The van der Waals surface area contributed by atoms with Gasteiger partial charge in [0.2, 0.25) is 7.37 Å². The number of hydrogen-bond acceptors (Lipinski definition) is 3. The number of ether oxygens (including phenoxy) is 1. The molecule has 17 heavy (non-hydrogen) atoms. The molecule has 0 atom stereocenters. The van der Waals surface area contributed by atoms with Crippen LogP contribution in [-0.2, 0) is 9.09 Å². The van der Waals surface area contributed by atoms with Crippen LogP contribution in [0.4, 0.5) is 0 Å². The summed E-state index contributed by atoms with van der Waals surface area (Å²) in [6.45, 7) is 0.743. The average molecular weight is 273 g/mol. The molecule has 0 N–H and O–H groups in total. The van der Waals surface area contributed by atoms with E-state index in [1.807, 2.05) is 12.2 Å². The first kappa shape index (κ1) is 12.7. The molecule has 0 radical (unpaired) electrons. The van der Waals surface area contributed by atoms with Crippen molar-refractivity contribution < 1.29 is 13.8 Å². The van der Waals surface area contributed by atoms with Crippen LogP contribution in [0.1, 0.15) is 0 Å². The topological polar surface area (TPSA) is 35.5 Å². The Balaban J connectivity index is 1.70. The van der Waals surface area contributed by atoms with Crippen LogP contribution in [0.5, 0.6) is 5.75 Å². The van der Waals surface area contributed by atoms with Crippen LogP contribution < -0.4 is 4.74 Å². The molecule has 1 aromatic rings. The smallest absolute Gasteiger partial charge is 0.210 e. The maximum atomic E-state index is 11.9. The van der Waals surface area contributed by atoms with Crippen LogP contribution in [0, 0.1) is 0 Å². The second-order valence-electron chi connectivity index (χ2n) is 3.79. The highest BCUT2D eigenvalue weighted by molar-refractivity contribution is 7.59. The molecule has 1 aliphatic heterocycles. The van der Waals surface area contributed by atoms with Crippen molar-refractivity contribution in [3.05, 3.63) is 41.4 Å². The van der Waals surface area contributed by atoms with E-state index in [1.54, 1.807) is 24.3 Å². The first-order valence-electron chi connectivity index (χ1n) is 5.44. The zero-order valence-electron chi connectivity index (χ0n) is 9.34. The minimum absolute atomic E-state index is 0.349. The van der Waals surface area contributed by atoms with Gasteiger partial charge in [-0.2, -0.15) is 0 Å². The fraction of sp³-hybridized carbons (Fsp3) is 0.333. The maximum absolute atomic E-state index is 11.9. The summed E-state index contributed by atoms with van der Waals surface area (Å²) in [6.07, 6.45) is 4.91. The highest BCUT2D eigenvalue weighted by Gasteiger charge is 2.23. The van der Waals surface area contributed by atoms with Crippen molar-refractivity contribution in [1.82, 2.24) is 0 Å². The lowest BCUT2D eigenvalue weighted by molar-refractivity contribution is 0.219. The molecular formula is C12H14ClO3P. The highest BCUT2D eigenvalue weighted by atomic mass is 35.5. The minimum Gasteiger partial charge on any atom is -0.491 e. The quantitative estimate of drug-likeness (QED) is 0.467. The maximum Gasteiger partial charge on any atom is 0.210 e. The van der Waals surface area contributed by atoms with E-state index in [4.69, 9.17) is 20.9 Å². The van der Waals surface area contributed by atoms with Gasteiger partial charge in [0.1, 0.15) is 12.4 Å². The van der Waals surface area contributed by atoms with E-state index in [2.05, 4.69) is 0 Å². The summed E-state index contributed by atoms with van der Waals surface area (Å²) < 4.78 is 22.7. The molecule has 0 spiro atoms. The fourth-order valence-electron chi connectivity index (χ4n) is 1.54. The molecule has 5 heteroatoms. The molecule has 1 aliphatic rings. The van der Waals surface area contributed by atoms with Gasteiger partial charge in [0.05, 0.1) is 6.61 Å². The van der Waals surface area contributed by atoms with Gasteiger partial charge in [-0.15, -0.1) is 0 Å². The Bertz CT molecular complexity index is 430. The summed E-state index contributed by atoms with van der Waals surface area (Å²) in [5, 5.41) is 0.676. The summed E-state index contributed by atoms with van der Waals surface area (Å²) in [5.41, 5.74) is 0. The second kappa shape index (κ2) is 5.72. The van der Waals surface area contributed by atoms with E-state index in [9.17, 15) is 4.57 Å². The third-order valence-electron chi connectivity index (χ3n) is 2.43. The van der Waals surface area contributed by atoms with Gasteiger partial charge in [-0.3, -0.25) is 4.57 Å². The van der Waals surface area contributed by atoms with Crippen molar-refractivity contribution in [3.63, 3.8) is 0 Å². The Morgan fingerprint density at radius 3 is 2.41 bits per heavy atom. The Hall–Kier alpha value is -0.760. The van der Waals surface area contributed by atoms with Gasteiger partial charge in [0.15, 0.2) is 0 Å². The molecule has 0 aliphatic carbocycles. The third kappa shape index (κ3) is 3.88. The Morgan fingerprint density at radius 1 is 1.12 bits per heavy atom. The monoisotopic (exact) mass is 272 g/mol. The summed E-state index contributed by atoms with van der Waals surface area (Å²) in [6, 6.07) is 7.12. The molecule has 1 aromatic carbocycles. The van der Waals surface area contributed by atoms with Crippen molar-refractivity contribution in [2.75, 3.05) is 25.5 Å². The molecule has 0 saturated heterocycles. The average Bonchev–Trinajstić information content (AvgIpc) is 2.74. The standard InChI is InChI=1S/C12H14ClO3P/c13-11-3-5-12(6-4-11)15-7-8-16-17(14)9-1-2-10-17/h1-6H,7-10H2. The molecule has 3 nitrogen and oxygen atoms in total. The van der Waals surface area contributed by atoms with E-state index in [0.717, 1.165) is 5.75 Å². The van der Waals surface area contributed by atoms with Crippen LogP contribution in [0.3, 0.4) is 0 Å². The normalized spacial score (nSPS) is 17.2. The SMILES string of the molecule is O=P1(OCCOc2ccc(Cl)cc2)CC=CC1. The summed E-state index contributed by atoms with van der Waals surface area (Å²) in [4.78, 5) is 0. The predicted octanol–water partition coefficient (Wildman–Crippen LogP) is 3.58. The van der Waals surface area contributed by atoms with E-state index in [-0.39, 0.29) is 0 Å². The second-order valence-corrected chi connectivity index (χ2v) is 6.84. The number of benzene rings is 1. The Labute approximate surface area is 106 Å². The highest BCUT2D eigenvalue weighted by Crippen LogP contribution is 2.49. The van der Waals surface area contributed by atoms with Crippen LogP contribution in [0.15, 0.2) is 36.4 Å². The molecule has 0 fully saturated rings. The lowest BCUT2D eigenvalue weighted by Crippen LogP contribution is -2.06. The van der Waals surface area contributed by atoms with Crippen LogP contribution in [0.25, 0.3) is 0 Å². The van der Waals surface area contributed by atoms with Gasteiger partial charge in [-0.05, 0) is 24.3 Å².